The van der Waals surface area contributed by atoms with Gasteiger partial charge in [0.1, 0.15) is 0 Å². The van der Waals surface area contributed by atoms with E-state index in [2.05, 4.69) is 15.6 Å². The van der Waals surface area contributed by atoms with E-state index in [9.17, 15) is 4.79 Å². The van der Waals surface area contributed by atoms with Crippen molar-refractivity contribution in [2.75, 3.05) is 11.4 Å². The van der Waals surface area contributed by atoms with Crippen molar-refractivity contribution in [1.82, 2.24) is 9.55 Å². The van der Waals surface area contributed by atoms with Crippen LogP contribution in [0.4, 0.5) is 5.95 Å². The van der Waals surface area contributed by atoms with Gasteiger partial charge in [0.25, 0.3) is 0 Å². The highest BCUT2D eigenvalue weighted by Crippen LogP contribution is 2.31. The average Bonchev–Trinajstić information content (AvgIpc) is 3.20. The second kappa shape index (κ2) is 5.17. The number of imidazole rings is 1. The molecule has 0 spiro atoms. The largest absolute Gasteiger partial charge is 0.308 e. The van der Waals surface area contributed by atoms with Crippen LogP contribution in [-0.2, 0) is 11.3 Å². The number of hydrogen-bond acceptors (Lipinski definition) is 2. The minimum absolute atomic E-state index is 0.246. The lowest BCUT2D eigenvalue weighted by Gasteiger charge is -2.15. The predicted molar refractivity (Wildman–Crippen MR) is 83.3 cm³/mol. The second-order valence-electron chi connectivity index (χ2n) is 6.29. The van der Waals surface area contributed by atoms with Crippen LogP contribution in [-0.4, -0.2) is 22.0 Å². The molecule has 2 heterocycles. The molecule has 1 aliphatic heterocycles. The van der Waals surface area contributed by atoms with Crippen molar-refractivity contribution >= 4 is 22.9 Å². The normalized spacial score (nSPS) is 18.6. The maximum absolute atomic E-state index is 12.5. The van der Waals surface area contributed by atoms with E-state index in [0.29, 0.717) is 6.42 Å². The van der Waals surface area contributed by atoms with Crippen LogP contribution in [0.25, 0.3) is 11.0 Å². The fourth-order valence-corrected chi connectivity index (χ4v) is 3.79. The van der Waals surface area contributed by atoms with Crippen LogP contribution in [0.1, 0.15) is 38.5 Å². The van der Waals surface area contributed by atoms with Gasteiger partial charge in [-0.05, 0) is 24.5 Å². The molecule has 4 heteroatoms. The highest BCUT2D eigenvalue weighted by molar-refractivity contribution is 5.94. The Labute approximate surface area is 124 Å². The standard InChI is InChI=1S/C17H21N3O/c21-16(10-9-13-5-1-2-6-13)20-12-11-19-15-8-4-3-7-14(15)18-17(19)20/h3-4,7-8,13H,1-2,5-6,9-12H2. The molecule has 0 bridgehead atoms. The number of carbonyl (C=O) groups is 1. The molecule has 0 radical (unpaired) electrons. The Balaban J connectivity index is 1.51. The number of hydrogen-bond donors (Lipinski definition) is 0. The third-order valence-corrected chi connectivity index (χ3v) is 4.97. The number of rotatable bonds is 3. The van der Waals surface area contributed by atoms with E-state index in [0.717, 1.165) is 42.4 Å². The summed E-state index contributed by atoms with van der Waals surface area (Å²) in [6, 6.07) is 8.12. The lowest BCUT2D eigenvalue weighted by atomic mass is 10.0. The topological polar surface area (TPSA) is 38.1 Å². The highest BCUT2D eigenvalue weighted by Gasteiger charge is 2.28. The first-order chi connectivity index (χ1) is 10.3. The van der Waals surface area contributed by atoms with Crippen LogP contribution in [0, 0.1) is 5.92 Å². The van der Waals surface area contributed by atoms with Crippen molar-refractivity contribution in [2.24, 2.45) is 5.92 Å². The predicted octanol–water partition coefficient (Wildman–Crippen LogP) is 3.35. The summed E-state index contributed by atoms with van der Waals surface area (Å²) >= 11 is 0. The van der Waals surface area contributed by atoms with Gasteiger partial charge < -0.3 is 4.57 Å². The lowest BCUT2D eigenvalue weighted by Crippen LogP contribution is -2.29. The molecule has 1 aliphatic carbocycles. The van der Waals surface area contributed by atoms with Gasteiger partial charge in [-0.3, -0.25) is 9.69 Å². The summed E-state index contributed by atoms with van der Waals surface area (Å²) in [5.74, 6) is 1.86. The molecule has 1 fully saturated rings. The molecule has 0 atom stereocenters. The van der Waals surface area contributed by atoms with Crippen molar-refractivity contribution < 1.29 is 4.79 Å². The van der Waals surface area contributed by atoms with Crippen molar-refractivity contribution in [3.05, 3.63) is 24.3 Å². The number of aromatic nitrogens is 2. The van der Waals surface area contributed by atoms with Crippen molar-refractivity contribution in [3.8, 4) is 0 Å². The molecule has 0 N–H and O–H groups in total. The molecule has 0 saturated heterocycles. The van der Waals surface area contributed by atoms with Gasteiger partial charge in [-0.15, -0.1) is 0 Å². The van der Waals surface area contributed by atoms with Crippen LogP contribution in [0.15, 0.2) is 24.3 Å². The number of fused-ring (bicyclic) bond motifs is 3. The van der Waals surface area contributed by atoms with Crippen molar-refractivity contribution in [3.63, 3.8) is 0 Å². The van der Waals surface area contributed by atoms with Gasteiger partial charge in [0.05, 0.1) is 11.0 Å². The summed E-state index contributed by atoms with van der Waals surface area (Å²) in [6.45, 7) is 1.64. The Kier molecular flexibility index (Phi) is 3.17. The number of benzene rings is 1. The molecule has 110 valence electrons. The van der Waals surface area contributed by atoms with Crippen LogP contribution < -0.4 is 4.90 Å². The molecule has 4 nitrogen and oxygen atoms in total. The number of para-hydroxylation sites is 2. The molecule has 2 aromatic rings. The minimum Gasteiger partial charge on any atom is -0.308 e. The van der Waals surface area contributed by atoms with Gasteiger partial charge in [-0.2, -0.15) is 0 Å². The summed E-state index contributed by atoms with van der Waals surface area (Å²) in [4.78, 5) is 19.0. The summed E-state index contributed by atoms with van der Waals surface area (Å²) in [5, 5.41) is 0. The van der Waals surface area contributed by atoms with Gasteiger partial charge in [0.2, 0.25) is 11.9 Å². The zero-order valence-electron chi connectivity index (χ0n) is 12.3. The van der Waals surface area contributed by atoms with Gasteiger partial charge >= 0.3 is 0 Å². The molecule has 0 unspecified atom stereocenters. The monoisotopic (exact) mass is 283 g/mol. The molecule has 1 aromatic carbocycles. The number of nitrogens with zero attached hydrogens (tertiary/aromatic N) is 3. The first-order valence-corrected chi connectivity index (χ1v) is 8.08. The maximum Gasteiger partial charge on any atom is 0.229 e. The molecular formula is C17H21N3O. The number of anilines is 1. The van der Waals surface area contributed by atoms with Crippen LogP contribution in [0.5, 0.6) is 0 Å². The van der Waals surface area contributed by atoms with E-state index in [4.69, 9.17) is 0 Å². The molecule has 4 rings (SSSR count). The Hall–Kier alpha value is -1.84. The Morgan fingerprint density at radius 2 is 2.00 bits per heavy atom. The van der Waals surface area contributed by atoms with Crippen LogP contribution in [0.3, 0.4) is 0 Å². The first kappa shape index (κ1) is 12.9. The fraction of sp³-hybridized carbons (Fsp3) is 0.529. The Morgan fingerprint density at radius 1 is 1.19 bits per heavy atom. The third kappa shape index (κ3) is 2.23. The lowest BCUT2D eigenvalue weighted by molar-refractivity contribution is -0.118. The second-order valence-corrected chi connectivity index (χ2v) is 6.29. The molecule has 1 amide bonds. The maximum atomic E-state index is 12.5. The van der Waals surface area contributed by atoms with E-state index in [1.54, 1.807) is 0 Å². The van der Waals surface area contributed by atoms with Gasteiger partial charge in [-0.25, -0.2) is 4.98 Å². The number of carbonyl (C=O) groups excluding carboxylic acids is 1. The van der Waals surface area contributed by atoms with Gasteiger partial charge in [-0.1, -0.05) is 37.8 Å². The SMILES string of the molecule is O=C(CCC1CCCC1)N1CCn2c1nc1ccccc12. The van der Waals surface area contributed by atoms with Gasteiger partial charge in [0, 0.05) is 19.5 Å². The first-order valence-electron chi connectivity index (χ1n) is 8.08. The zero-order chi connectivity index (χ0) is 14.2. The smallest absolute Gasteiger partial charge is 0.229 e. The quantitative estimate of drug-likeness (QED) is 0.866. The van der Waals surface area contributed by atoms with Crippen LogP contribution in [0.2, 0.25) is 0 Å². The van der Waals surface area contributed by atoms with E-state index in [1.165, 1.54) is 25.7 Å². The van der Waals surface area contributed by atoms with Crippen molar-refractivity contribution in [1.29, 1.82) is 0 Å². The fourth-order valence-electron chi connectivity index (χ4n) is 3.79. The average molecular weight is 283 g/mol. The molecular weight excluding hydrogens is 262 g/mol. The van der Waals surface area contributed by atoms with E-state index >= 15 is 0 Å². The minimum atomic E-state index is 0.246. The summed E-state index contributed by atoms with van der Waals surface area (Å²) in [7, 11) is 0. The molecule has 1 aromatic heterocycles. The zero-order valence-corrected chi connectivity index (χ0v) is 12.3. The highest BCUT2D eigenvalue weighted by atomic mass is 16.2. The Morgan fingerprint density at radius 3 is 2.86 bits per heavy atom. The van der Waals surface area contributed by atoms with Gasteiger partial charge in [0.15, 0.2) is 0 Å². The van der Waals surface area contributed by atoms with E-state index in [1.807, 2.05) is 23.1 Å². The van der Waals surface area contributed by atoms with E-state index in [-0.39, 0.29) is 5.91 Å². The van der Waals surface area contributed by atoms with Crippen LogP contribution >= 0.6 is 0 Å². The number of amides is 1. The van der Waals surface area contributed by atoms with Crippen molar-refractivity contribution in [2.45, 2.75) is 45.1 Å². The molecule has 21 heavy (non-hydrogen) atoms. The summed E-state index contributed by atoms with van der Waals surface area (Å²) < 4.78 is 2.17. The summed E-state index contributed by atoms with van der Waals surface area (Å²) in [5.41, 5.74) is 2.12. The molecule has 2 aliphatic rings. The Bertz CT molecular complexity index is 670. The third-order valence-electron chi connectivity index (χ3n) is 4.97. The summed E-state index contributed by atoms with van der Waals surface area (Å²) in [6.07, 6.45) is 7.04. The molecule has 1 saturated carbocycles. The van der Waals surface area contributed by atoms with E-state index < -0.39 is 0 Å².